The molecule has 6 nitrogen and oxygen atoms in total. The number of hydrogen-bond donors (Lipinski definition) is 2. The highest BCUT2D eigenvalue weighted by Crippen LogP contribution is 2.26. The molecule has 0 radical (unpaired) electrons. The summed E-state index contributed by atoms with van der Waals surface area (Å²) in [5.41, 5.74) is 4.55. The molecule has 0 unspecified atom stereocenters. The second-order valence-electron chi connectivity index (χ2n) is 10.2. The summed E-state index contributed by atoms with van der Waals surface area (Å²) < 4.78 is 25.7. The van der Waals surface area contributed by atoms with Gasteiger partial charge >= 0.3 is 0 Å². The largest absolute Gasteiger partial charge is 0.340 e. The van der Waals surface area contributed by atoms with E-state index in [0.29, 0.717) is 22.3 Å². The Morgan fingerprint density at radius 1 is 0.806 bits per heavy atom. The molecule has 1 heterocycles. The first-order chi connectivity index (χ1) is 17.1. The van der Waals surface area contributed by atoms with Crippen LogP contribution in [0, 0.1) is 12.3 Å². The Balaban J connectivity index is 1.48. The Hall–Kier alpha value is -3.71. The molecule has 0 saturated heterocycles. The minimum atomic E-state index is -3.40. The van der Waals surface area contributed by atoms with Gasteiger partial charge in [0.15, 0.2) is 9.84 Å². The normalized spacial score (nSPS) is 11.8. The standard InChI is InChI=1S/C29H32N4O2S/c1-21-19-30-28(32-24-15-13-23(14-16-24)17-22-9-6-5-7-10-22)33-27(21)31-25-11-8-12-26(18-25)36(34,35)20-29(2,3)4/h5-16,18-19H,17,20H2,1-4H3,(H2,30,31,32,33). The molecule has 0 spiro atoms. The second kappa shape index (κ2) is 10.5. The van der Waals surface area contributed by atoms with Gasteiger partial charge in [0.25, 0.3) is 0 Å². The Kier molecular flexibility index (Phi) is 7.40. The average Bonchev–Trinajstić information content (AvgIpc) is 2.82. The summed E-state index contributed by atoms with van der Waals surface area (Å²) in [7, 11) is -3.40. The maximum absolute atomic E-state index is 12.8. The molecule has 3 aromatic carbocycles. The van der Waals surface area contributed by atoms with Gasteiger partial charge in [-0.3, -0.25) is 0 Å². The molecule has 1 aromatic heterocycles. The van der Waals surface area contributed by atoms with Crippen LogP contribution >= 0.6 is 0 Å². The van der Waals surface area contributed by atoms with E-state index in [1.54, 1.807) is 24.4 Å². The van der Waals surface area contributed by atoms with Crippen molar-refractivity contribution in [1.29, 1.82) is 0 Å². The molecule has 0 aliphatic rings. The van der Waals surface area contributed by atoms with Crippen LogP contribution in [0.4, 0.5) is 23.1 Å². The lowest BCUT2D eigenvalue weighted by atomic mass is 10.0. The molecular formula is C29H32N4O2S. The molecule has 0 atom stereocenters. The molecule has 0 fully saturated rings. The average molecular weight is 501 g/mol. The summed E-state index contributed by atoms with van der Waals surface area (Å²) in [4.78, 5) is 9.32. The van der Waals surface area contributed by atoms with Crippen molar-refractivity contribution in [2.45, 2.75) is 39.0 Å². The highest BCUT2D eigenvalue weighted by molar-refractivity contribution is 7.91. The van der Waals surface area contributed by atoms with E-state index in [1.807, 2.05) is 64.1 Å². The number of anilines is 4. The lowest BCUT2D eigenvalue weighted by Gasteiger charge is -2.18. The van der Waals surface area contributed by atoms with Crippen LogP contribution in [0.2, 0.25) is 0 Å². The Morgan fingerprint density at radius 3 is 2.19 bits per heavy atom. The number of aryl methyl sites for hydroxylation is 1. The number of aromatic nitrogens is 2. The lowest BCUT2D eigenvalue weighted by molar-refractivity contribution is 0.462. The number of rotatable bonds is 8. The molecule has 0 saturated carbocycles. The molecule has 2 N–H and O–H groups in total. The van der Waals surface area contributed by atoms with E-state index in [1.165, 1.54) is 11.1 Å². The summed E-state index contributed by atoms with van der Waals surface area (Å²) in [5.74, 6) is 1.14. The first-order valence-corrected chi connectivity index (χ1v) is 13.6. The van der Waals surface area contributed by atoms with Gasteiger partial charge in [0, 0.05) is 23.1 Å². The highest BCUT2D eigenvalue weighted by Gasteiger charge is 2.23. The zero-order chi connectivity index (χ0) is 25.8. The number of sulfone groups is 1. The van der Waals surface area contributed by atoms with Gasteiger partial charge in [0.05, 0.1) is 10.6 Å². The zero-order valence-corrected chi connectivity index (χ0v) is 21.9. The lowest BCUT2D eigenvalue weighted by Crippen LogP contribution is -2.20. The molecular weight excluding hydrogens is 468 g/mol. The van der Waals surface area contributed by atoms with Crippen molar-refractivity contribution < 1.29 is 8.42 Å². The third-order valence-electron chi connectivity index (χ3n) is 5.51. The van der Waals surface area contributed by atoms with Gasteiger partial charge in [-0.1, -0.05) is 69.3 Å². The molecule has 36 heavy (non-hydrogen) atoms. The van der Waals surface area contributed by atoms with Gasteiger partial charge < -0.3 is 10.6 Å². The van der Waals surface area contributed by atoms with E-state index in [9.17, 15) is 8.42 Å². The Morgan fingerprint density at radius 2 is 1.50 bits per heavy atom. The third kappa shape index (κ3) is 6.92. The van der Waals surface area contributed by atoms with Crippen LogP contribution in [0.5, 0.6) is 0 Å². The van der Waals surface area contributed by atoms with Gasteiger partial charge in [0.1, 0.15) is 5.82 Å². The fraction of sp³-hybridized carbons (Fsp3) is 0.241. The van der Waals surface area contributed by atoms with Crippen molar-refractivity contribution >= 4 is 33.0 Å². The molecule has 0 aliphatic carbocycles. The summed E-state index contributed by atoms with van der Waals surface area (Å²) in [6, 6.07) is 25.4. The van der Waals surface area contributed by atoms with Crippen molar-refractivity contribution in [2.24, 2.45) is 5.41 Å². The number of benzene rings is 3. The number of nitrogens with one attached hydrogen (secondary N) is 2. The van der Waals surface area contributed by atoms with Crippen molar-refractivity contribution in [2.75, 3.05) is 16.4 Å². The quantitative estimate of drug-likeness (QED) is 0.281. The minimum Gasteiger partial charge on any atom is -0.340 e. The van der Waals surface area contributed by atoms with E-state index in [4.69, 9.17) is 0 Å². The summed E-state index contributed by atoms with van der Waals surface area (Å²) >= 11 is 0. The molecule has 186 valence electrons. The first kappa shape index (κ1) is 25.4. The summed E-state index contributed by atoms with van der Waals surface area (Å²) in [6.45, 7) is 7.66. The first-order valence-electron chi connectivity index (χ1n) is 11.9. The molecule has 4 aromatic rings. The Bertz CT molecular complexity index is 1430. The van der Waals surface area contributed by atoms with Crippen LogP contribution in [-0.4, -0.2) is 24.1 Å². The van der Waals surface area contributed by atoms with Gasteiger partial charge in [-0.05, 0) is 60.2 Å². The van der Waals surface area contributed by atoms with Gasteiger partial charge in [0.2, 0.25) is 5.95 Å². The predicted molar refractivity (Wildman–Crippen MR) is 147 cm³/mol. The Labute approximate surface area is 213 Å². The number of hydrogen-bond acceptors (Lipinski definition) is 6. The SMILES string of the molecule is Cc1cnc(Nc2ccc(Cc3ccccc3)cc2)nc1Nc1cccc(S(=O)(=O)CC(C)(C)C)c1. The molecule has 0 amide bonds. The van der Waals surface area contributed by atoms with E-state index < -0.39 is 9.84 Å². The monoisotopic (exact) mass is 500 g/mol. The molecule has 0 aliphatic heterocycles. The highest BCUT2D eigenvalue weighted by atomic mass is 32.2. The summed E-state index contributed by atoms with van der Waals surface area (Å²) in [5, 5.41) is 6.51. The van der Waals surface area contributed by atoms with Crippen LogP contribution < -0.4 is 10.6 Å². The third-order valence-corrected chi connectivity index (χ3v) is 7.73. The van der Waals surface area contributed by atoms with Crippen LogP contribution in [0.1, 0.15) is 37.5 Å². The summed E-state index contributed by atoms with van der Waals surface area (Å²) in [6.07, 6.45) is 2.61. The predicted octanol–water partition coefficient (Wildman–Crippen LogP) is 6.68. The van der Waals surface area contributed by atoms with Gasteiger partial charge in [-0.15, -0.1) is 0 Å². The van der Waals surface area contributed by atoms with E-state index in [-0.39, 0.29) is 11.2 Å². The fourth-order valence-electron chi connectivity index (χ4n) is 3.85. The van der Waals surface area contributed by atoms with Crippen molar-refractivity contribution in [3.63, 3.8) is 0 Å². The van der Waals surface area contributed by atoms with E-state index in [0.717, 1.165) is 17.7 Å². The topological polar surface area (TPSA) is 84.0 Å². The van der Waals surface area contributed by atoms with Crippen molar-refractivity contribution in [3.05, 3.63) is 102 Å². The van der Waals surface area contributed by atoms with Crippen molar-refractivity contribution in [1.82, 2.24) is 9.97 Å². The molecule has 4 rings (SSSR count). The second-order valence-corrected chi connectivity index (χ2v) is 12.2. The smallest absolute Gasteiger partial charge is 0.229 e. The van der Waals surface area contributed by atoms with Crippen LogP contribution in [0.25, 0.3) is 0 Å². The van der Waals surface area contributed by atoms with Crippen LogP contribution in [-0.2, 0) is 16.3 Å². The van der Waals surface area contributed by atoms with Crippen molar-refractivity contribution in [3.8, 4) is 0 Å². The molecule has 0 bridgehead atoms. The van der Waals surface area contributed by atoms with E-state index >= 15 is 0 Å². The molecule has 7 heteroatoms. The number of nitrogens with zero attached hydrogens (tertiary/aromatic N) is 2. The van der Waals surface area contributed by atoms with Crippen LogP contribution in [0.3, 0.4) is 0 Å². The fourth-order valence-corrected chi connectivity index (χ4v) is 5.75. The van der Waals surface area contributed by atoms with Gasteiger partial charge in [-0.25, -0.2) is 13.4 Å². The minimum absolute atomic E-state index is 0.0776. The van der Waals surface area contributed by atoms with E-state index in [2.05, 4.69) is 44.9 Å². The maximum Gasteiger partial charge on any atom is 0.229 e. The van der Waals surface area contributed by atoms with Crippen LogP contribution in [0.15, 0.2) is 90.0 Å². The maximum atomic E-state index is 12.8. The van der Waals surface area contributed by atoms with Gasteiger partial charge in [-0.2, -0.15) is 4.98 Å². The zero-order valence-electron chi connectivity index (χ0n) is 21.1.